The number of allylic oxidation sites excluding steroid dienone is 1. The molecule has 0 aliphatic carbocycles. The van der Waals surface area contributed by atoms with Gasteiger partial charge in [-0.2, -0.15) is 10.5 Å². The van der Waals surface area contributed by atoms with Crippen molar-refractivity contribution in [2.45, 2.75) is 20.4 Å². The summed E-state index contributed by atoms with van der Waals surface area (Å²) in [6.07, 6.45) is 1.82. The number of ether oxygens (including phenoxy) is 1. The average molecular weight is 369 g/mol. The lowest BCUT2D eigenvalue weighted by molar-refractivity contribution is -0.143. The number of carbonyl (C=O) groups is 1. The first-order valence-corrected chi connectivity index (χ1v) is 8.94. The minimum atomic E-state index is -0.302. The maximum Gasteiger partial charge on any atom is 0.325 e. The first-order valence-electron chi connectivity index (χ1n) is 8.94. The molecule has 0 amide bonds. The first kappa shape index (κ1) is 18.9. The van der Waals surface area contributed by atoms with Crippen molar-refractivity contribution in [3.8, 4) is 12.1 Å². The van der Waals surface area contributed by atoms with Crippen molar-refractivity contribution in [1.82, 2.24) is 4.57 Å². The van der Waals surface area contributed by atoms with Crippen LogP contribution in [0.4, 0.5) is 0 Å². The van der Waals surface area contributed by atoms with Crippen LogP contribution in [-0.4, -0.2) is 17.1 Å². The second-order valence-corrected chi connectivity index (χ2v) is 6.27. The topological polar surface area (TPSA) is 78.8 Å². The van der Waals surface area contributed by atoms with Gasteiger partial charge in [-0.25, -0.2) is 0 Å². The van der Waals surface area contributed by atoms with Crippen LogP contribution in [0.3, 0.4) is 0 Å². The number of rotatable bonds is 5. The van der Waals surface area contributed by atoms with Crippen LogP contribution in [0.5, 0.6) is 0 Å². The maximum atomic E-state index is 12.0. The third-order valence-corrected chi connectivity index (χ3v) is 4.58. The third-order valence-electron chi connectivity index (χ3n) is 4.58. The number of nitrogens with zero attached hydrogens (tertiary/aromatic N) is 3. The lowest BCUT2D eigenvalue weighted by Gasteiger charge is -2.08. The highest BCUT2D eigenvalue weighted by molar-refractivity contribution is 5.99. The van der Waals surface area contributed by atoms with Crippen molar-refractivity contribution in [1.29, 1.82) is 10.5 Å². The van der Waals surface area contributed by atoms with Crippen molar-refractivity contribution in [3.05, 3.63) is 70.9 Å². The number of hydrogen-bond donors (Lipinski definition) is 0. The van der Waals surface area contributed by atoms with Crippen molar-refractivity contribution in [2.24, 2.45) is 0 Å². The van der Waals surface area contributed by atoms with Gasteiger partial charge in [0, 0.05) is 22.2 Å². The highest BCUT2D eigenvalue weighted by Gasteiger charge is 2.16. The maximum absolute atomic E-state index is 12.0. The van der Waals surface area contributed by atoms with Gasteiger partial charge in [0.1, 0.15) is 6.54 Å². The van der Waals surface area contributed by atoms with Crippen molar-refractivity contribution < 1.29 is 9.53 Å². The summed E-state index contributed by atoms with van der Waals surface area (Å²) in [7, 11) is 0. The fourth-order valence-corrected chi connectivity index (χ4v) is 3.26. The van der Waals surface area contributed by atoms with Crippen LogP contribution in [0.1, 0.15) is 29.3 Å². The molecule has 1 heterocycles. The van der Waals surface area contributed by atoms with Crippen LogP contribution < -0.4 is 0 Å². The summed E-state index contributed by atoms with van der Waals surface area (Å²) in [4.78, 5) is 12.0. The van der Waals surface area contributed by atoms with Crippen molar-refractivity contribution >= 4 is 28.5 Å². The molecule has 0 saturated carbocycles. The second kappa shape index (κ2) is 8.24. The average Bonchev–Trinajstić information content (AvgIpc) is 2.97. The Morgan fingerprint density at radius 3 is 2.68 bits per heavy atom. The van der Waals surface area contributed by atoms with Crippen LogP contribution >= 0.6 is 0 Å². The largest absolute Gasteiger partial charge is 0.465 e. The van der Waals surface area contributed by atoms with Gasteiger partial charge in [-0.05, 0) is 43.7 Å². The summed E-state index contributed by atoms with van der Waals surface area (Å²) in [6.45, 7) is 4.14. The Morgan fingerprint density at radius 2 is 1.96 bits per heavy atom. The number of para-hydroxylation sites is 1. The third kappa shape index (κ3) is 3.65. The fraction of sp³-hybridized carbons (Fsp3) is 0.174. The minimum Gasteiger partial charge on any atom is -0.465 e. The summed E-state index contributed by atoms with van der Waals surface area (Å²) in [5, 5.41) is 19.8. The number of esters is 1. The summed E-state index contributed by atoms with van der Waals surface area (Å²) in [5.74, 6) is -0.302. The van der Waals surface area contributed by atoms with Crippen LogP contribution in [-0.2, 0) is 16.1 Å². The van der Waals surface area contributed by atoms with E-state index in [1.54, 1.807) is 25.1 Å². The van der Waals surface area contributed by atoms with E-state index in [0.717, 1.165) is 22.2 Å². The molecule has 2 aromatic carbocycles. The molecule has 0 unspecified atom stereocenters. The summed E-state index contributed by atoms with van der Waals surface area (Å²) in [6, 6.07) is 19.1. The van der Waals surface area contributed by atoms with Gasteiger partial charge in [0.15, 0.2) is 0 Å². The predicted molar refractivity (Wildman–Crippen MR) is 108 cm³/mol. The zero-order chi connectivity index (χ0) is 20.1. The second-order valence-electron chi connectivity index (χ2n) is 6.27. The fourth-order valence-electron chi connectivity index (χ4n) is 3.26. The number of aromatic nitrogens is 1. The van der Waals surface area contributed by atoms with E-state index in [1.807, 2.05) is 47.9 Å². The van der Waals surface area contributed by atoms with E-state index >= 15 is 0 Å². The predicted octanol–water partition coefficient (Wildman–Crippen LogP) is 4.45. The molecule has 0 bridgehead atoms. The van der Waals surface area contributed by atoms with E-state index in [0.29, 0.717) is 23.3 Å². The van der Waals surface area contributed by atoms with Gasteiger partial charge in [-0.1, -0.05) is 30.3 Å². The first-order chi connectivity index (χ1) is 13.6. The number of nitriles is 2. The summed E-state index contributed by atoms with van der Waals surface area (Å²) >= 11 is 0. The summed E-state index contributed by atoms with van der Waals surface area (Å²) < 4.78 is 7.00. The SMILES string of the molecule is CCOC(=O)Cn1c(C)c(/C=C(\C#N)c2cccc(C#N)c2)c2ccccc21. The van der Waals surface area contributed by atoms with E-state index in [9.17, 15) is 10.1 Å². The molecule has 3 aromatic rings. The highest BCUT2D eigenvalue weighted by Crippen LogP contribution is 2.30. The molecule has 3 rings (SSSR count). The molecule has 0 atom stereocenters. The molecule has 5 nitrogen and oxygen atoms in total. The van der Waals surface area contributed by atoms with Crippen LogP contribution in [0.15, 0.2) is 48.5 Å². The highest BCUT2D eigenvalue weighted by atomic mass is 16.5. The quantitative estimate of drug-likeness (QED) is 0.492. The Labute approximate surface area is 163 Å². The van der Waals surface area contributed by atoms with Crippen LogP contribution in [0.2, 0.25) is 0 Å². The lowest BCUT2D eigenvalue weighted by atomic mass is 10.0. The Hall–Kier alpha value is -3.83. The van der Waals surface area contributed by atoms with Gasteiger partial charge in [0.25, 0.3) is 0 Å². The van der Waals surface area contributed by atoms with Gasteiger partial charge >= 0.3 is 5.97 Å². The normalized spacial score (nSPS) is 11.1. The van der Waals surface area contributed by atoms with E-state index in [2.05, 4.69) is 12.1 Å². The molecule has 0 spiro atoms. The lowest BCUT2D eigenvalue weighted by Crippen LogP contribution is -2.14. The minimum absolute atomic E-state index is 0.111. The Bertz CT molecular complexity index is 1160. The molecular weight excluding hydrogens is 350 g/mol. The number of carbonyl (C=O) groups excluding carboxylic acids is 1. The summed E-state index contributed by atoms with van der Waals surface area (Å²) in [5.41, 5.74) is 4.29. The molecule has 0 N–H and O–H groups in total. The number of fused-ring (bicyclic) bond motifs is 1. The molecule has 0 radical (unpaired) electrons. The van der Waals surface area contributed by atoms with Crippen LogP contribution in [0.25, 0.3) is 22.6 Å². The van der Waals surface area contributed by atoms with Gasteiger partial charge in [-0.3, -0.25) is 4.79 Å². The number of benzene rings is 2. The molecule has 1 aromatic heterocycles. The number of hydrogen-bond acceptors (Lipinski definition) is 4. The molecule has 0 fully saturated rings. The monoisotopic (exact) mass is 369 g/mol. The molecule has 0 aliphatic heterocycles. The van der Waals surface area contributed by atoms with E-state index in [-0.39, 0.29) is 12.5 Å². The molecular formula is C23H19N3O2. The van der Waals surface area contributed by atoms with E-state index < -0.39 is 0 Å². The van der Waals surface area contributed by atoms with Crippen molar-refractivity contribution in [3.63, 3.8) is 0 Å². The van der Waals surface area contributed by atoms with E-state index in [1.165, 1.54) is 0 Å². The zero-order valence-corrected chi connectivity index (χ0v) is 15.8. The van der Waals surface area contributed by atoms with Gasteiger partial charge < -0.3 is 9.30 Å². The zero-order valence-electron chi connectivity index (χ0n) is 15.8. The molecule has 138 valence electrons. The van der Waals surface area contributed by atoms with E-state index in [4.69, 9.17) is 10.00 Å². The Kier molecular flexibility index (Phi) is 5.58. The standard InChI is InChI=1S/C23H19N3O2/c1-3-28-23(27)15-26-16(2)21(20-9-4-5-10-22(20)26)12-19(14-25)18-8-6-7-17(11-18)13-24/h4-12H,3,15H2,1-2H3/b19-12+. The van der Waals surface area contributed by atoms with Gasteiger partial charge in [-0.15, -0.1) is 0 Å². The smallest absolute Gasteiger partial charge is 0.325 e. The van der Waals surface area contributed by atoms with Gasteiger partial charge in [0.05, 0.1) is 29.9 Å². The molecule has 0 aliphatic rings. The van der Waals surface area contributed by atoms with Crippen molar-refractivity contribution in [2.75, 3.05) is 6.61 Å². The Balaban J connectivity index is 2.16. The van der Waals surface area contributed by atoms with Crippen LogP contribution in [0, 0.1) is 29.6 Å². The Morgan fingerprint density at radius 1 is 1.18 bits per heavy atom. The molecule has 5 heteroatoms. The molecule has 28 heavy (non-hydrogen) atoms. The molecule has 0 saturated heterocycles. The van der Waals surface area contributed by atoms with Gasteiger partial charge in [0.2, 0.25) is 0 Å².